The summed E-state index contributed by atoms with van der Waals surface area (Å²) in [5.74, 6) is -1.15. The Bertz CT molecular complexity index is 426. The molecule has 0 heterocycles. The molecule has 1 rings (SSSR count). The molecule has 0 bridgehead atoms. The van der Waals surface area contributed by atoms with E-state index in [2.05, 4.69) is 0 Å². The van der Waals surface area contributed by atoms with Gasteiger partial charge in [0, 0.05) is 0 Å². The maximum absolute atomic E-state index is 11.6. The van der Waals surface area contributed by atoms with Crippen molar-refractivity contribution in [2.24, 2.45) is 0 Å². The minimum Gasteiger partial charge on any atom is -0.481 e. The first-order valence-corrected chi connectivity index (χ1v) is 5.78. The van der Waals surface area contributed by atoms with Crippen molar-refractivity contribution in [1.29, 1.82) is 0 Å². The summed E-state index contributed by atoms with van der Waals surface area (Å²) in [6, 6.07) is 6.94. The smallest absolute Gasteiger partial charge is 0.310 e. The van der Waals surface area contributed by atoms with E-state index in [1.165, 1.54) is 0 Å². The number of hydrogen-bond donors (Lipinski definition) is 1. The first-order valence-electron chi connectivity index (χ1n) is 5.78. The second kappa shape index (κ2) is 5.67. The number of esters is 1. The highest BCUT2D eigenvalue weighted by Crippen LogP contribution is 2.11. The van der Waals surface area contributed by atoms with Crippen LogP contribution in [0.1, 0.15) is 31.9 Å². The standard InChI is InChI=1S/C14H18O4/c1-14(2,3)18-13(17)9-11-6-4-10(5-7-11)8-12(15)16/h4-7H,8-9H2,1-3H3,(H,15,16). The maximum atomic E-state index is 11.6. The minimum absolute atomic E-state index is 0.00722. The van der Waals surface area contributed by atoms with Gasteiger partial charge < -0.3 is 9.84 Å². The number of aliphatic carboxylic acids is 1. The molecule has 0 saturated carbocycles. The molecule has 0 spiro atoms. The summed E-state index contributed by atoms with van der Waals surface area (Å²) in [4.78, 5) is 22.1. The van der Waals surface area contributed by atoms with Crippen LogP contribution in [0.2, 0.25) is 0 Å². The largest absolute Gasteiger partial charge is 0.481 e. The lowest BCUT2D eigenvalue weighted by Crippen LogP contribution is -2.24. The molecule has 0 saturated heterocycles. The zero-order chi connectivity index (χ0) is 13.8. The molecule has 4 nitrogen and oxygen atoms in total. The highest BCUT2D eigenvalue weighted by molar-refractivity contribution is 5.73. The fourth-order valence-electron chi connectivity index (χ4n) is 1.49. The van der Waals surface area contributed by atoms with E-state index in [9.17, 15) is 9.59 Å². The fraction of sp³-hybridized carbons (Fsp3) is 0.429. The summed E-state index contributed by atoms with van der Waals surface area (Å²) < 4.78 is 5.20. The van der Waals surface area contributed by atoms with Crippen LogP contribution in [0.5, 0.6) is 0 Å². The van der Waals surface area contributed by atoms with Crippen LogP contribution < -0.4 is 0 Å². The van der Waals surface area contributed by atoms with Crippen molar-refractivity contribution in [3.63, 3.8) is 0 Å². The number of carbonyl (C=O) groups excluding carboxylic acids is 1. The Morgan fingerprint density at radius 3 is 1.89 bits per heavy atom. The molecule has 0 radical (unpaired) electrons. The van der Waals surface area contributed by atoms with Gasteiger partial charge in [0.15, 0.2) is 0 Å². The van der Waals surface area contributed by atoms with E-state index in [1.807, 2.05) is 20.8 Å². The average molecular weight is 250 g/mol. The quantitative estimate of drug-likeness (QED) is 0.832. The van der Waals surface area contributed by atoms with Crippen LogP contribution in [0.15, 0.2) is 24.3 Å². The SMILES string of the molecule is CC(C)(C)OC(=O)Cc1ccc(CC(=O)O)cc1. The molecule has 0 aliphatic rings. The van der Waals surface area contributed by atoms with E-state index >= 15 is 0 Å². The molecule has 98 valence electrons. The Kier molecular flexibility index (Phi) is 4.48. The van der Waals surface area contributed by atoms with Gasteiger partial charge in [-0.15, -0.1) is 0 Å². The van der Waals surface area contributed by atoms with Crippen molar-refractivity contribution in [1.82, 2.24) is 0 Å². The molecule has 1 N–H and O–H groups in total. The molecule has 0 amide bonds. The normalized spacial score (nSPS) is 11.1. The lowest BCUT2D eigenvalue weighted by Gasteiger charge is -2.19. The van der Waals surface area contributed by atoms with Crippen LogP contribution in [0.3, 0.4) is 0 Å². The number of ether oxygens (including phenoxy) is 1. The van der Waals surface area contributed by atoms with Crippen molar-refractivity contribution in [3.8, 4) is 0 Å². The molecule has 0 atom stereocenters. The molecular formula is C14H18O4. The van der Waals surface area contributed by atoms with Gasteiger partial charge in [0.25, 0.3) is 0 Å². The van der Waals surface area contributed by atoms with Gasteiger partial charge in [-0.05, 0) is 31.9 Å². The van der Waals surface area contributed by atoms with Gasteiger partial charge >= 0.3 is 11.9 Å². The third kappa shape index (κ3) is 5.48. The Hall–Kier alpha value is -1.84. The van der Waals surface area contributed by atoms with Crippen molar-refractivity contribution < 1.29 is 19.4 Å². The third-order valence-electron chi connectivity index (χ3n) is 2.15. The van der Waals surface area contributed by atoms with Gasteiger partial charge in [-0.2, -0.15) is 0 Å². The highest BCUT2D eigenvalue weighted by atomic mass is 16.6. The lowest BCUT2D eigenvalue weighted by molar-refractivity contribution is -0.154. The number of carbonyl (C=O) groups is 2. The summed E-state index contributed by atoms with van der Waals surface area (Å²) in [7, 11) is 0. The number of rotatable bonds is 4. The zero-order valence-corrected chi connectivity index (χ0v) is 10.9. The summed E-state index contributed by atoms with van der Waals surface area (Å²) >= 11 is 0. The van der Waals surface area contributed by atoms with Gasteiger partial charge in [0.05, 0.1) is 12.8 Å². The average Bonchev–Trinajstić information content (AvgIpc) is 2.17. The van der Waals surface area contributed by atoms with Crippen LogP contribution in [-0.4, -0.2) is 22.6 Å². The van der Waals surface area contributed by atoms with Crippen LogP contribution in [0.4, 0.5) is 0 Å². The maximum Gasteiger partial charge on any atom is 0.310 e. The van der Waals surface area contributed by atoms with Crippen molar-refractivity contribution >= 4 is 11.9 Å². The van der Waals surface area contributed by atoms with Gasteiger partial charge in [0.2, 0.25) is 0 Å². The van der Waals surface area contributed by atoms with Gasteiger partial charge in [-0.1, -0.05) is 24.3 Å². The number of benzene rings is 1. The predicted molar refractivity (Wildman–Crippen MR) is 67.3 cm³/mol. The number of carboxylic acids is 1. The van der Waals surface area contributed by atoms with E-state index in [0.717, 1.165) is 11.1 Å². The Balaban J connectivity index is 2.58. The van der Waals surface area contributed by atoms with Crippen LogP contribution in [0, 0.1) is 0 Å². The van der Waals surface area contributed by atoms with Gasteiger partial charge in [-0.25, -0.2) is 0 Å². The second-order valence-electron chi connectivity index (χ2n) is 5.15. The Morgan fingerprint density at radius 1 is 1.06 bits per heavy atom. The predicted octanol–water partition coefficient (Wildman–Crippen LogP) is 2.20. The number of hydrogen-bond acceptors (Lipinski definition) is 3. The second-order valence-corrected chi connectivity index (χ2v) is 5.15. The van der Waals surface area contributed by atoms with Crippen molar-refractivity contribution in [3.05, 3.63) is 35.4 Å². The van der Waals surface area contributed by atoms with Crippen LogP contribution >= 0.6 is 0 Å². The first kappa shape index (κ1) is 14.2. The highest BCUT2D eigenvalue weighted by Gasteiger charge is 2.16. The monoisotopic (exact) mass is 250 g/mol. The topological polar surface area (TPSA) is 63.6 Å². The Labute approximate surface area is 107 Å². The van der Waals surface area contributed by atoms with Crippen molar-refractivity contribution in [2.45, 2.75) is 39.2 Å². The molecule has 0 unspecified atom stereocenters. The molecule has 4 heteroatoms. The molecule has 0 fully saturated rings. The molecule has 0 aliphatic carbocycles. The molecule has 18 heavy (non-hydrogen) atoms. The molecule has 1 aromatic carbocycles. The molecule has 1 aromatic rings. The van der Waals surface area contributed by atoms with Crippen LogP contribution in [0.25, 0.3) is 0 Å². The van der Waals surface area contributed by atoms with E-state index in [1.54, 1.807) is 24.3 Å². The summed E-state index contributed by atoms with van der Waals surface area (Å²) in [6.45, 7) is 5.46. The minimum atomic E-state index is -0.866. The summed E-state index contributed by atoms with van der Waals surface area (Å²) in [6.07, 6.45) is 0.192. The van der Waals surface area contributed by atoms with E-state index in [-0.39, 0.29) is 18.8 Å². The first-order chi connectivity index (χ1) is 8.26. The summed E-state index contributed by atoms with van der Waals surface area (Å²) in [5.41, 5.74) is 1.05. The molecule has 0 aliphatic heterocycles. The van der Waals surface area contributed by atoms with Crippen molar-refractivity contribution in [2.75, 3.05) is 0 Å². The molecule has 0 aromatic heterocycles. The summed E-state index contributed by atoms with van der Waals surface area (Å²) in [5, 5.41) is 8.64. The Morgan fingerprint density at radius 2 is 1.50 bits per heavy atom. The van der Waals surface area contributed by atoms with E-state index in [4.69, 9.17) is 9.84 Å². The van der Waals surface area contributed by atoms with Gasteiger partial charge in [-0.3, -0.25) is 9.59 Å². The number of carboxylic acid groups (broad SMARTS) is 1. The van der Waals surface area contributed by atoms with E-state index in [0.29, 0.717) is 0 Å². The zero-order valence-electron chi connectivity index (χ0n) is 10.9. The van der Waals surface area contributed by atoms with Gasteiger partial charge in [0.1, 0.15) is 5.60 Å². The fourth-order valence-corrected chi connectivity index (χ4v) is 1.49. The van der Waals surface area contributed by atoms with E-state index < -0.39 is 11.6 Å². The third-order valence-corrected chi connectivity index (χ3v) is 2.15. The lowest BCUT2D eigenvalue weighted by atomic mass is 10.1. The molecular weight excluding hydrogens is 232 g/mol. The van der Waals surface area contributed by atoms with Crippen LogP contribution in [-0.2, 0) is 27.2 Å².